The number of nitrogens with one attached hydrogen (secondary N) is 1. The van der Waals surface area contributed by atoms with Crippen LogP contribution in [0, 0.1) is 0 Å². The van der Waals surface area contributed by atoms with E-state index in [1.807, 2.05) is 6.07 Å². The Labute approximate surface area is 229 Å². The summed E-state index contributed by atoms with van der Waals surface area (Å²) in [6.07, 6.45) is 3.84. The third-order valence-corrected chi connectivity index (χ3v) is 6.63. The molecule has 2 aliphatic heterocycles. The van der Waals surface area contributed by atoms with E-state index < -0.39 is 5.97 Å². The normalized spacial score (nSPS) is 15.6. The number of carbonyl (C=O) groups is 1. The average molecular weight is 582 g/mol. The van der Waals surface area contributed by atoms with Gasteiger partial charge in [0.05, 0.1) is 32.1 Å². The van der Waals surface area contributed by atoms with Gasteiger partial charge < -0.3 is 24.0 Å². The largest absolute Gasteiger partial charge is 0.496 e. The highest BCUT2D eigenvalue weighted by Gasteiger charge is 2.21. The lowest BCUT2D eigenvalue weighted by atomic mass is 10.2. The van der Waals surface area contributed by atoms with E-state index in [9.17, 15) is 4.79 Å². The van der Waals surface area contributed by atoms with E-state index >= 15 is 0 Å². The van der Waals surface area contributed by atoms with Gasteiger partial charge >= 0.3 is 5.97 Å². The first kappa shape index (κ1) is 25.9. The predicted octanol–water partition coefficient (Wildman–Crippen LogP) is 3.74. The number of esters is 1. The van der Waals surface area contributed by atoms with Gasteiger partial charge in [0.2, 0.25) is 17.8 Å². The predicted molar refractivity (Wildman–Crippen MR) is 148 cm³/mol. The zero-order valence-corrected chi connectivity index (χ0v) is 22.6. The van der Waals surface area contributed by atoms with Crippen molar-refractivity contribution in [2.75, 3.05) is 61.7 Å². The molecule has 0 unspecified atom stereocenters. The minimum atomic E-state index is -0.462. The van der Waals surface area contributed by atoms with Crippen LogP contribution >= 0.6 is 15.9 Å². The van der Waals surface area contributed by atoms with Crippen molar-refractivity contribution in [3.05, 3.63) is 58.1 Å². The zero-order chi connectivity index (χ0) is 26.3. The number of ether oxygens (including phenoxy) is 3. The molecular weight excluding hydrogens is 554 g/mol. The standard InChI is InChI=1S/C26H28BrN7O4/c1-36-22-16-21(38-23(35)18-5-4-6-20(27)15-18)8-7-19(22)17-28-32-24-29-25(33-9-2-3-10-33)31-26(30-24)34-11-13-37-14-12-34/h4-8,15-17H,2-3,9-14H2,1H3,(H,29,30,31,32)/b28-17+. The Balaban J connectivity index is 1.30. The maximum Gasteiger partial charge on any atom is 0.343 e. The third-order valence-electron chi connectivity index (χ3n) is 6.14. The van der Waals surface area contributed by atoms with Crippen LogP contribution in [0.1, 0.15) is 28.8 Å². The van der Waals surface area contributed by atoms with Gasteiger partial charge in [0.1, 0.15) is 11.5 Å². The van der Waals surface area contributed by atoms with Gasteiger partial charge in [-0.05, 0) is 43.2 Å². The average Bonchev–Trinajstić information content (AvgIpc) is 3.49. The number of nitrogens with zero attached hydrogens (tertiary/aromatic N) is 6. The third kappa shape index (κ3) is 6.37. The lowest BCUT2D eigenvalue weighted by molar-refractivity contribution is 0.0734. The maximum absolute atomic E-state index is 12.5. The number of aromatic nitrogens is 3. The second-order valence-electron chi connectivity index (χ2n) is 8.73. The minimum absolute atomic E-state index is 0.359. The molecule has 38 heavy (non-hydrogen) atoms. The molecule has 0 bridgehead atoms. The number of hydrogen-bond donors (Lipinski definition) is 1. The zero-order valence-electron chi connectivity index (χ0n) is 21.0. The Morgan fingerprint density at radius 3 is 2.47 bits per heavy atom. The molecule has 0 spiro atoms. The number of methoxy groups -OCH3 is 1. The Hall–Kier alpha value is -3.77. The highest BCUT2D eigenvalue weighted by atomic mass is 79.9. The summed E-state index contributed by atoms with van der Waals surface area (Å²) in [5, 5.41) is 4.34. The number of anilines is 3. The van der Waals surface area contributed by atoms with Crippen LogP contribution in [0.15, 0.2) is 52.0 Å². The molecular formula is C26H28BrN7O4. The maximum atomic E-state index is 12.5. The highest BCUT2D eigenvalue weighted by Crippen LogP contribution is 2.25. The number of hydrogen-bond acceptors (Lipinski definition) is 11. The van der Waals surface area contributed by atoms with Crippen molar-refractivity contribution in [2.45, 2.75) is 12.8 Å². The van der Waals surface area contributed by atoms with Gasteiger partial charge in [0.25, 0.3) is 0 Å². The molecule has 1 aromatic heterocycles. The van der Waals surface area contributed by atoms with E-state index in [2.05, 4.69) is 46.2 Å². The van der Waals surface area contributed by atoms with Crippen molar-refractivity contribution in [1.82, 2.24) is 15.0 Å². The molecule has 5 rings (SSSR count). The van der Waals surface area contributed by atoms with Gasteiger partial charge in [-0.1, -0.05) is 22.0 Å². The number of benzene rings is 2. The number of halogens is 1. The fourth-order valence-electron chi connectivity index (χ4n) is 4.17. The molecule has 0 radical (unpaired) electrons. The number of carbonyl (C=O) groups excluding carboxylic acids is 1. The van der Waals surface area contributed by atoms with E-state index in [-0.39, 0.29) is 0 Å². The SMILES string of the molecule is COc1cc(OC(=O)c2cccc(Br)c2)ccc1/C=N/Nc1nc(N2CCCC2)nc(N2CCOCC2)n1. The Morgan fingerprint density at radius 2 is 1.76 bits per heavy atom. The molecule has 11 nitrogen and oxygen atoms in total. The molecule has 2 saturated heterocycles. The van der Waals surface area contributed by atoms with Gasteiger partial charge in [-0.25, -0.2) is 10.2 Å². The lowest BCUT2D eigenvalue weighted by Gasteiger charge is -2.27. The van der Waals surface area contributed by atoms with Crippen LogP contribution in [0.5, 0.6) is 11.5 Å². The van der Waals surface area contributed by atoms with Crippen LogP contribution in [-0.4, -0.2) is 73.6 Å². The van der Waals surface area contributed by atoms with Crippen molar-refractivity contribution < 1.29 is 19.0 Å². The van der Waals surface area contributed by atoms with Gasteiger partial charge in [-0.3, -0.25) is 0 Å². The highest BCUT2D eigenvalue weighted by molar-refractivity contribution is 9.10. The van der Waals surface area contributed by atoms with E-state index in [1.165, 1.54) is 0 Å². The summed E-state index contributed by atoms with van der Waals surface area (Å²) in [4.78, 5) is 30.6. The Kier molecular flexibility index (Phi) is 8.29. The molecule has 0 amide bonds. The van der Waals surface area contributed by atoms with Crippen molar-refractivity contribution in [3.8, 4) is 11.5 Å². The second kappa shape index (κ2) is 12.2. The van der Waals surface area contributed by atoms with Crippen LogP contribution in [-0.2, 0) is 4.74 Å². The van der Waals surface area contributed by atoms with Crippen LogP contribution in [0.2, 0.25) is 0 Å². The molecule has 2 fully saturated rings. The molecule has 0 aliphatic carbocycles. The number of hydrazone groups is 1. The monoisotopic (exact) mass is 581 g/mol. The van der Waals surface area contributed by atoms with E-state index in [4.69, 9.17) is 19.2 Å². The van der Waals surface area contributed by atoms with Crippen molar-refractivity contribution >= 4 is 46.0 Å². The molecule has 2 aliphatic rings. The van der Waals surface area contributed by atoms with Gasteiger partial charge in [-0.15, -0.1) is 0 Å². The van der Waals surface area contributed by atoms with Crippen molar-refractivity contribution in [3.63, 3.8) is 0 Å². The number of rotatable bonds is 8. The summed E-state index contributed by atoms with van der Waals surface area (Å²) in [5.74, 6) is 2.01. The Bertz CT molecular complexity index is 1310. The fraction of sp³-hybridized carbons (Fsp3) is 0.346. The van der Waals surface area contributed by atoms with Gasteiger partial charge in [0.15, 0.2) is 0 Å². The fourth-order valence-corrected chi connectivity index (χ4v) is 4.57. The summed E-state index contributed by atoms with van der Waals surface area (Å²) in [7, 11) is 1.54. The quantitative estimate of drug-likeness (QED) is 0.182. The summed E-state index contributed by atoms with van der Waals surface area (Å²) < 4.78 is 17.3. The Morgan fingerprint density at radius 1 is 1.03 bits per heavy atom. The molecule has 3 aromatic rings. The first-order valence-corrected chi connectivity index (χ1v) is 13.2. The van der Waals surface area contributed by atoms with E-state index in [1.54, 1.807) is 49.7 Å². The summed E-state index contributed by atoms with van der Waals surface area (Å²) >= 11 is 3.36. The van der Waals surface area contributed by atoms with Crippen LogP contribution < -0.4 is 24.7 Å². The summed E-state index contributed by atoms with van der Waals surface area (Å²) in [5.41, 5.74) is 4.06. The van der Waals surface area contributed by atoms with Crippen LogP contribution in [0.3, 0.4) is 0 Å². The van der Waals surface area contributed by atoms with Gasteiger partial charge in [-0.2, -0.15) is 20.1 Å². The molecule has 3 heterocycles. The first-order chi connectivity index (χ1) is 18.6. The van der Waals surface area contributed by atoms with Gasteiger partial charge in [0, 0.05) is 42.3 Å². The molecule has 0 atom stereocenters. The smallest absolute Gasteiger partial charge is 0.343 e. The topological polar surface area (TPSA) is 114 Å². The van der Waals surface area contributed by atoms with Crippen LogP contribution in [0.4, 0.5) is 17.8 Å². The molecule has 198 valence electrons. The van der Waals surface area contributed by atoms with E-state index in [0.717, 1.165) is 43.5 Å². The first-order valence-electron chi connectivity index (χ1n) is 12.4. The van der Waals surface area contributed by atoms with E-state index in [0.29, 0.717) is 53.7 Å². The summed E-state index contributed by atoms with van der Waals surface area (Å²) in [6.45, 7) is 4.57. The second-order valence-corrected chi connectivity index (χ2v) is 9.64. The molecule has 0 saturated carbocycles. The van der Waals surface area contributed by atoms with Crippen molar-refractivity contribution in [2.24, 2.45) is 5.10 Å². The molecule has 1 N–H and O–H groups in total. The molecule has 2 aromatic carbocycles. The van der Waals surface area contributed by atoms with Crippen LogP contribution in [0.25, 0.3) is 0 Å². The molecule has 12 heteroatoms. The lowest BCUT2D eigenvalue weighted by Crippen LogP contribution is -2.38. The minimum Gasteiger partial charge on any atom is -0.496 e. The van der Waals surface area contributed by atoms with Crippen molar-refractivity contribution in [1.29, 1.82) is 0 Å². The number of morpholine rings is 1. The summed E-state index contributed by atoms with van der Waals surface area (Å²) in [6, 6.07) is 12.1.